The second-order valence-electron chi connectivity index (χ2n) is 6.14. The van der Waals surface area contributed by atoms with Crippen LogP contribution in [0.2, 0.25) is 0 Å². The van der Waals surface area contributed by atoms with Crippen LogP contribution in [0, 0.1) is 0 Å². The summed E-state index contributed by atoms with van der Waals surface area (Å²) in [5, 5.41) is 2.81. The molecule has 2 aliphatic heterocycles. The highest BCUT2D eigenvalue weighted by Gasteiger charge is 2.29. The predicted octanol–water partition coefficient (Wildman–Crippen LogP) is 0.427. The Morgan fingerprint density at radius 1 is 1.38 bits per heavy atom. The molecule has 1 aromatic carbocycles. The van der Waals surface area contributed by atoms with Crippen molar-refractivity contribution in [1.82, 2.24) is 10.0 Å². The van der Waals surface area contributed by atoms with Gasteiger partial charge in [0.1, 0.15) is 5.84 Å². The zero-order valence-corrected chi connectivity index (χ0v) is 15.3. The van der Waals surface area contributed by atoms with E-state index in [0.29, 0.717) is 31.2 Å². The van der Waals surface area contributed by atoms with Gasteiger partial charge in [0.2, 0.25) is 5.91 Å². The molecule has 2 N–H and O–H groups in total. The number of ether oxygens (including phenoxy) is 2. The molecule has 1 aromatic rings. The number of carbonyl (C=O) groups is 1. The van der Waals surface area contributed by atoms with Crippen LogP contribution in [-0.4, -0.2) is 59.2 Å². The Bertz CT molecular complexity index is 772. The minimum atomic E-state index is -3.54. The van der Waals surface area contributed by atoms with E-state index in [-0.39, 0.29) is 29.9 Å². The SMILES string of the molecule is O=C(CCN=C1NS(=O)(=O)c2ccccc21)NCCCOC1CCOC1. The molecule has 0 radical (unpaired) electrons. The maximum absolute atomic E-state index is 12.0. The molecule has 2 aliphatic rings. The lowest BCUT2D eigenvalue weighted by Gasteiger charge is -2.09. The van der Waals surface area contributed by atoms with Crippen LogP contribution >= 0.6 is 0 Å². The van der Waals surface area contributed by atoms with Gasteiger partial charge in [-0.15, -0.1) is 0 Å². The fraction of sp³-hybridized carbons (Fsp3) is 0.529. The fourth-order valence-electron chi connectivity index (χ4n) is 2.80. The van der Waals surface area contributed by atoms with Crippen molar-refractivity contribution in [3.05, 3.63) is 29.8 Å². The molecule has 142 valence electrons. The molecule has 8 nitrogen and oxygen atoms in total. The zero-order chi connectivity index (χ0) is 18.4. The monoisotopic (exact) mass is 381 g/mol. The number of amidine groups is 1. The molecule has 1 atom stereocenters. The lowest BCUT2D eigenvalue weighted by Crippen LogP contribution is -2.27. The lowest BCUT2D eigenvalue weighted by molar-refractivity contribution is -0.120. The van der Waals surface area contributed by atoms with Crippen LogP contribution in [0.25, 0.3) is 0 Å². The van der Waals surface area contributed by atoms with E-state index in [1.807, 2.05) is 0 Å². The van der Waals surface area contributed by atoms with Gasteiger partial charge in [0, 0.05) is 31.7 Å². The van der Waals surface area contributed by atoms with Crippen molar-refractivity contribution in [1.29, 1.82) is 0 Å². The molecular formula is C17H23N3O5S. The van der Waals surface area contributed by atoms with Gasteiger partial charge in [-0.2, -0.15) is 0 Å². The normalized spacial score (nSPS) is 22.2. The number of hydrogen-bond donors (Lipinski definition) is 2. The summed E-state index contributed by atoms with van der Waals surface area (Å²) < 4.78 is 37.2. The number of carbonyl (C=O) groups excluding carboxylic acids is 1. The molecule has 0 saturated carbocycles. The topological polar surface area (TPSA) is 106 Å². The Kier molecular flexibility index (Phi) is 6.23. The van der Waals surface area contributed by atoms with Gasteiger partial charge in [-0.3, -0.25) is 14.5 Å². The molecule has 0 aliphatic carbocycles. The first-order valence-electron chi connectivity index (χ1n) is 8.69. The van der Waals surface area contributed by atoms with E-state index in [9.17, 15) is 13.2 Å². The van der Waals surface area contributed by atoms with Gasteiger partial charge >= 0.3 is 0 Å². The maximum atomic E-state index is 12.0. The number of benzene rings is 1. The van der Waals surface area contributed by atoms with Gasteiger partial charge in [0.15, 0.2) is 0 Å². The molecule has 9 heteroatoms. The highest BCUT2D eigenvalue weighted by molar-refractivity contribution is 7.90. The zero-order valence-electron chi connectivity index (χ0n) is 14.4. The van der Waals surface area contributed by atoms with Gasteiger partial charge in [-0.05, 0) is 25.0 Å². The molecule has 0 spiro atoms. The average molecular weight is 381 g/mol. The summed E-state index contributed by atoms with van der Waals surface area (Å²) in [6.07, 6.45) is 2.05. The second kappa shape index (κ2) is 8.61. The summed E-state index contributed by atoms with van der Waals surface area (Å²) in [4.78, 5) is 16.3. The Morgan fingerprint density at radius 3 is 3.04 bits per heavy atom. The largest absolute Gasteiger partial charge is 0.379 e. The molecule has 0 aromatic heterocycles. The molecule has 0 bridgehead atoms. The van der Waals surface area contributed by atoms with E-state index in [1.165, 1.54) is 6.07 Å². The first-order chi connectivity index (χ1) is 12.6. The van der Waals surface area contributed by atoms with Crippen molar-refractivity contribution in [3.8, 4) is 0 Å². The molecular weight excluding hydrogens is 358 g/mol. The Hall–Kier alpha value is -1.97. The number of aliphatic imine (C=N–C) groups is 1. The second-order valence-corrected chi connectivity index (χ2v) is 7.79. The predicted molar refractivity (Wildman–Crippen MR) is 95.6 cm³/mol. The quantitative estimate of drug-likeness (QED) is 0.635. The Balaban J connectivity index is 1.37. The van der Waals surface area contributed by atoms with Crippen molar-refractivity contribution in [2.75, 3.05) is 32.9 Å². The number of amides is 1. The van der Waals surface area contributed by atoms with Crippen molar-refractivity contribution < 1.29 is 22.7 Å². The summed E-state index contributed by atoms with van der Waals surface area (Å²) in [6.45, 7) is 2.76. The van der Waals surface area contributed by atoms with Crippen molar-refractivity contribution in [3.63, 3.8) is 0 Å². The van der Waals surface area contributed by atoms with Crippen LogP contribution in [-0.2, 0) is 24.3 Å². The minimum absolute atomic E-state index is 0.118. The fourth-order valence-corrected chi connectivity index (χ4v) is 4.05. The third kappa shape index (κ3) is 4.80. The van der Waals surface area contributed by atoms with Crippen LogP contribution in [0.1, 0.15) is 24.8 Å². The number of nitrogens with zero attached hydrogens (tertiary/aromatic N) is 1. The molecule has 1 amide bonds. The maximum Gasteiger partial charge on any atom is 0.263 e. The molecule has 1 fully saturated rings. The molecule has 1 saturated heterocycles. The minimum Gasteiger partial charge on any atom is -0.379 e. The van der Waals surface area contributed by atoms with Gasteiger partial charge in [-0.1, -0.05) is 12.1 Å². The Morgan fingerprint density at radius 2 is 2.23 bits per heavy atom. The third-order valence-electron chi connectivity index (χ3n) is 4.16. The number of nitrogens with one attached hydrogen (secondary N) is 2. The smallest absolute Gasteiger partial charge is 0.263 e. The molecule has 2 heterocycles. The van der Waals surface area contributed by atoms with Gasteiger partial charge < -0.3 is 14.8 Å². The van der Waals surface area contributed by atoms with Crippen LogP contribution in [0.4, 0.5) is 0 Å². The third-order valence-corrected chi connectivity index (χ3v) is 5.55. The number of rotatable bonds is 8. The van der Waals surface area contributed by atoms with Crippen LogP contribution in [0.15, 0.2) is 34.2 Å². The van der Waals surface area contributed by atoms with E-state index in [4.69, 9.17) is 9.47 Å². The Labute approximate surface area is 153 Å². The van der Waals surface area contributed by atoms with Gasteiger partial charge in [0.05, 0.1) is 24.2 Å². The van der Waals surface area contributed by atoms with Crippen molar-refractivity contribution in [2.24, 2.45) is 4.99 Å². The summed E-state index contributed by atoms with van der Waals surface area (Å²) in [7, 11) is -3.54. The standard InChI is InChI=1S/C17H23N3O5S/c21-16(18-8-3-10-25-13-7-11-24-12-13)6-9-19-17-14-4-1-2-5-15(14)26(22,23)20-17/h1-2,4-5,13H,3,6-12H2,(H,18,21)(H,19,20). The van der Waals surface area contributed by atoms with E-state index in [1.54, 1.807) is 18.2 Å². The summed E-state index contributed by atoms with van der Waals surface area (Å²) in [6, 6.07) is 6.65. The molecule has 1 unspecified atom stereocenters. The van der Waals surface area contributed by atoms with Crippen LogP contribution in [0.3, 0.4) is 0 Å². The van der Waals surface area contributed by atoms with Gasteiger partial charge in [-0.25, -0.2) is 8.42 Å². The number of hydrogen-bond acceptors (Lipinski definition) is 6. The van der Waals surface area contributed by atoms with E-state index in [0.717, 1.165) is 19.4 Å². The van der Waals surface area contributed by atoms with Gasteiger partial charge in [0.25, 0.3) is 10.0 Å². The summed E-state index contributed by atoms with van der Waals surface area (Å²) >= 11 is 0. The van der Waals surface area contributed by atoms with E-state index < -0.39 is 10.0 Å². The lowest BCUT2D eigenvalue weighted by atomic mass is 10.2. The van der Waals surface area contributed by atoms with E-state index >= 15 is 0 Å². The van der Waals surface area contributed by atoms with Crippen molar-refractivity contribution in [2.45, 2.75) is 30.3 Å². The van der Waals surface area contributed by atoms with Crippen LogP contribution in [0.5, 0.6) is 0 Å². The van der Waals surface area contributed by atoms with Crippen LogP contribution < -0.4 is 10.0 Å². The van der Waals surface area contributed by atoms with E-state index in [2.05, 4.69) is 15.0 Å². The summed E-state index contributed by atoms with van der Waals surface area (Å²) in [5.41, 5.74) is 0.543. The van der Waals surface area contributed by atoms with Crippen molar-refractivity contribution >= 4 is 21.8 Å². The molecule has 26 heavy (non-hydrogen) atoms. The number of fused-ring (bicyclic) bond motifs is 1. The average Bonchev–Trinajstić information content (AvgIpc) is 3.22. The highest BCUT2D eigenvalue weighted by Crippen LogP contribution is 2.22. The summed E-state index contributed by atoms with van der Waals surface area (Å²) in [5.74, 6) is 0.174. The highest BCUT2D eigenvalue weighted by atomic mass is 32.2. The first-order valence-corrected chi connectivity index (χ1v) is 10.2. The number of sulfonamides is 1. The molecule has 3 rings (SSSR count). The first kappa shape index (κ1) is 18.8.